The summed E-state index contributed by atoms with van der Waals surface area (Å²) in [5.74, 6) is 0.700. The van der Waals surface area contributed by atoms with Crippen LogP contribution < -0.4 is 5.32 Å². The molecular weight excluding hydrogens is 439 g/mol. The Hall–Kier alpha value is 0.680. The van der Waals surface area contributed by atoms with Crippen LogP contribution in [0.4, 0.5) is 0 Å². The Morgan fingerprint density at radius 2 is 1.76 bits per heavy atom. The van der Waals surface area contributed by atoms with Crippen LogP contribution in [0.15, 0.2) is 27.1 Å². The average molecular weight is 463 g/mol. The number of halogens is 4. The largest absolute Gasteiger partial charge is 0.314 e. The second-order valence-electron chi connectivity index (χ2n) is 5.60. The first-order chi connectivity index (χ1) is 9.08. The van der Waals surface area contributed by atoms with E-state index in [-0.39, 0.29) is 24.8 Å². The lowest BCUT2D eigenvalue weighted by atomic mass is 9.95. The molecule has 1 aliphatic rings. The first-order valence-corrected chi connectivity index (χ1v) is 8.56. The summed E-state index contributed by atoms with van der Waals surface area (Å²) in [7, 11) is 0. The molecule has 0 spiro atoms. The molecule has 1 fully saturated rings. The molecule has 0 aliphatic carbocycles. The molecule has 0 aromatic heterocycles. The molecule has 0 saturated carbocycles. The Bertz CT molecular complexity index is 424. The Kier molecular flexibility index (Phi) is 10.8. The highest BCUT2D eigenvalue weighted by molar-refractivity contribution is 9.11. The van der Waals surface area contributed by atoms with Gasteiger partial charge in [-0.25, -0.2) is 0 Å². The van der Waals surface area contributed by atoms with Gasteiger partial charge in [-0.2, -0.15) is 0 Å². The van der Waals surface area contributed by atoms with Crippen LogP contribution in [0.2, 0.25) is 0 Å². The third kappa shape index (κ3) is 6.36. The number of hydrogen-bond acceptors (Lipinski definition) is 2. The van der Waals surface area contributed by atoms with E-state index >= 15 is 0 Å². The minimum atomic E-state index is 0. The first kappa shape index (κ1) is 21.7. The molecule has 0 amide bonds. The highest BCUT2D eigenvalue weighted by atomic mass is 79.9. The van der Waals surface area contributed by atoms with E-state index < -0.39 is 0 Å². The number of nitrogens with zero attached hydrogens (tertiary/aromatic N) is 1. The summed E-state index contributed by atoms with van der Waals surface area (Å²) in [5.41, 5.74) is 1.41. The number of benzene rings is 1. The third-order valence-corrected chi connectivity index (χ3v) is 4.82. The van der Waals surface area contributed by atoms with Crippen LogP contribution in [0.1, 0.15) is 31.9 Å². The quantitative estimate of drug-likeness (QED) is 0.673. The third-order valence-electron chi connectivity index (χ3n) is 3.60. The van der Waals surface area contributed by atoms with Gasteiger partial charge < -0.3 is 5.32 Å². The molecule has 1 N–H and O–H groups in total. The molecule has 1 aliphatic heterocycles. The summed E-state index contributed by atoms with van der Waals surface area (Å²) in [6.07, 6.45) is 1.20. The summed E-state index contributed by atoms with van der Waals surface area (Å²) in [6.45, 7) is 9.08. The van der Waals surface area contributed by atoms with Crippen molar-refractivity contribution < 1.29 is 0 Å². The molecule has 21 heavy (non-hydrogen) atoms. The smallest absolute Gasteiger partial charge is 0.0363 e. The van der Waals surface area contributed by atoms with Gasteiger partial charge in [0.2, 0.25) is 0 Å². The summed E-state index contributed by atoms with van der Waals surface area (Å²) in [4.78, 5) is 2.61. The molecule has 1 atom stereocenters. The summed E-state index contributed by atoms with van der Waals surface area (Å²) < 4.78 is 2.38. The first-order valence-electron chi connectivity index (χ1n) is 6.97. The van der Waals surface area contributed by atoms with Crippen LogP contribution in [0, 0.1) is 5.92 Å². The van der Waals surface area contributed by atoms with Crippen LogP contribution in [0.25, 0.3) is 0 Å². The Morgan fingerprint density at radius 1 is 1.14 bits per heavy atom. The molecule has 0 radical (unpaired) electrons. The van der Waals surface area contributed by atoms with Crippen molar-refractivity contribution >= 4 is 56.7 Å². The minimum absolute atomic E-state index is 0. The SMILES string of the molecule is CC(C)C[C@H](c1cc(Br)ccc1Br)N1CCNCC1.Cl.Cl. The molecule has 122 valence electrons. The van der Waals surface area contributed by atoms with Crippen LogP contribution in [0.5, 0.6) is 0 Å². The van der Waals surface area contributed by atoms with Crippen molar-refractivity contribution in [2.75, 3.05) is 26.2 Å². The van der Waals surface area contributed by atoms with Gasteiger partial charge >= 0.3 is 0 Å². The lowest BCUT2D eigenvalue weighted by molar-refractivity contribution is 0.153. The number of hydrogen-bond donors (Lipinski definition) is 1. The molecule has 0 unspecified atom stereocenters. The molecular formula is C15H24Br2Cl2N2. The van der Waals surface area contributed by atoms with Crippen molar-refractivity contribution in [3.63, 3.8) is 0 Å². The Labute approximate surface area is 157 Å². The molecule has 1 heterocycles. The molecule has 1 aromatic rings. The second kappa shape index (κ2) is 10.5. The van der Waals surface area contributed by atoms with E-state index in [4.69, 9.17) is 0 Å². The monoisotopic (exact) mass is 460 g/mol. The van der Waals surface area contributed by atoms with Crippen molar-refractivity contribution in [1.29, 1.82) is 0 Å². The van der Waals surface area contributed by atoms with E-state index in [0.29, 0.717) is 12.0 Å². The lowest BCUT2D eigenvalue weighted by Gasteiger charge is -2.36. The van der Waals surface area contributed by atoms with Gasteiger partial charge in [-0.1, -0.05) is 45.7 Å². The van der Waals surface area contributed by atoms with E-state index in [0.717, 1.165) is 30.7 Å². The van der Waals surface area contributed by atoms with Crippen molar-refractivity contribution in [2.45, 2.75) is 26.3 Å². The van der Waals surface area contributed by atoms with Gasteiger partial charge in [0.25, 0.3) is 0 Å². The maximum atomic E-state index is 3.72. The maximum Gasteiger partial charge on any atom is 0.0363 e. The van der Waals surface area contributed by atoms with Crippen molar-refractivity contribution in [3.8, 4) is 0 Å². The zero-order chi connectivity index (χ0) is 13.8. The fourth-order valence-corrected chi connectivity index (χ4v) is 3.57. The van der Waals surface area contributed by atoms with Gasteiger partial charge in [-0.3, -0.25) is 4.90 Å². The number of nitrogens with one attached hydrogen (secondary N) is 1. The maximum absolute atomic E-state index is 3.72. The van der Waals surface area contributed by atoms with Crippen molar-refractivity contribution in [3.05, 3.63) is 32.7 Å². The van der Waals surface area contributed by atoms with Gasteiger partial charge in [0, 0.05) is 41.2 Å². The molecule has 2 nitrogen and oxygen atoms in total. The highest BCUT2D eigenvalue weighted by Gasteiger charge is 2.24. The predicted octanol–water partition coefficient (Wildman–Crippen LogP) is 5.05. The van der Waals surface area contributed by atoms with E-state index in [1.165, 1.54) is 16.5 Å². The van der Waals surface area contributed by atoms with Crippen LogP contribution >= 0.6 is 56.7 Å². The van der Waals surface area contributed by atoms with Crippen LogP contribution in [-0.2, 0) is 0 Å². The van der Waals surface area contributed by atoms with E-state index in [2.05, 4.69) is 74.1 Å². The second-order valence-corrected chi connectivity index (χ2v) is 7.37. The normalized spacial score (nSPS) is 17.0. The van der Waals surface area contributed by atoms with Crippen molar-refractivity contribution in [1.82, 2.24) is 10.2 Å². The van der Waals surface area contributed by atoms with Crippen LogP contribution in [0.3, 0.4) is 0 Å². The minimum Gasteiger partial charge on any atom is -0.314 e. The molecule has 1 aromatic carbocycles. The Balaban J connectivity index is 0.00000200. The van der Waals surface area contributed by atoms with E-state index in [9.17, 15) is 0 Å². The summed E-state index contributed by atoms with van der Waals surface area (Å²) in [5, 5.41) is 3.44. The molecule has 6 heteroatoms. The zero-order valence-corrected chi connectivity index (χ0v) is 17.2. The Morgan fingerprint density at radius 3 is 2.33 bits per heavy atom. The predicted molar refractivity (Wildman–Crippen MR) is 103 cm³/mol. The van der Waals surface area contributed by atoms with Crippen LogP contribution in [-0.4, -0.2) is 31.1 Å². The van der Waals surface area contributed by atoms with Gasteiger partial charge in [0.15, 0.2) is 0 Å². The van der Waals surface area contributed by atoms with Gasteiger partial charge in [0.1, 0.15) is 0 Å². The zero-order valence-electron chi connectivity index (χ0n) is 12.4. The fraction of sp³-hybridized carbons (Fsp3) is 0.600. The fourth-order valence-electron chi connectivity index (χ4n) is 2.68. The van der Waals surface area contributed by atoms with Gasteiger partial charge in [-0.05, 0) is 36.1 Å². The lowest BCUT2D eigenvalue weighted by Crippen LogP contribution is -2.45. The summed E-state index contributed by atoms with van der Waals surface area (Å²) in [6, 6.07) is 7.01. The average Bonchev–Trinajstić information content (AvgIpc) is 2.40. The molecule has 0 bridgehead atoms. The topological polar surface area (TPSA) is 15.3 Å². The standard InChI is InChI=1S/C15H22Br2N2.2ClH/c1-11(2)9-15(19-7-5-18-6-8-19)13-10-12(16)3-4-14(13)17;;/h3-4,10-11,15,18H,5-9H2,1-2H3;2*1H/t15-;;/m1../s1. The highest BCUT2D eigenvalue weighted by Crippen LogP contribution is 2.34. The van der Waals surface area contributed by atoms with E-state index in [1.807, 2.05) is 0 Å². The van der Waals surface area contributed by atoms with Crippen molar-refractivity contribution in [2.24, 2.45) is 5.92 Å². The number of piperazine rings is 1. The van der Waals surface area contributed by atoms with Gasteiger partial charge in [0.05, 0.1) is 0 Å². The molecule has 1 saturated heterocycles. The van der Waals surface area contributed by atoms with Gasteiger partial charge in [-0.15, -0.1) is 24.8 Å². The van der Waals surface area contributed by atoms with E-state index in [1.54, 1.807) is 0 Å². The molecule has 2 rings (SSSR count). The summed E-state index contributed by atoms with van der Waals surface area (Å²) >= 11 is 7.33. The number of rotatable bonds is 4.